The van der Waals surface area contributed by atoms with Gasteiger partial charge in [0.15, 0.2) is 0 Å². The van der Waals surface area contributed by atoms with Crippen LogP contribution in [0.1, 0.15) is 20.3 Å². The van der Waals surface area contributed by atoms with Crippen molar-refractivity contribution in [1.82, 2.24) is 0 Å². The topological polar surface area (TPSA) is 29.5 Å². The van der Waals surface area contributed by atoms with Crippen molar-refractivity contribution in [1.29, 1.82) is 0 Å². The molecule has 0 aromatic heterocycles. The van der Waals surface area contributed by atoms with Crippen LogP contribution in [0, 0.1) is 5.92 Å². The van der Waals surface area contributed by atoms with Gasteiger partial charge in [0.25, 0.3) is 0 Å². The van der Waals surface area contributed by atoms with E-state index in [1.54, 1.807) is 7.11 Å². The van der Waals surface area contributed by atoms with Crippen LogP contribution in [-0.2, 0) is 4.79 Å². The van der Waals surface area contributed by atoms with E-state index in [-0.39, 0.29) is 12.0 Å². The Hall–Kier alpha value is -1.51. The normalized spacial score (nSPS) is 24.9. The number of rotatable bonds is 2. The Labute approximate surface area is 102 Å². The zero-order valence-corrected chi connectivity index (χ0v) is 10.6. The molecule has 1 aromatic rings. The summed E-state index contributed by atoms with van der Waals surface area (Å²) < 4.78 is 5.24. The maximum atomic E-state index is 11.7. The summed E-state index contributed by atoms with van der Waals surface area (Å²) in [6.07, 6.45) is 0.642. The molecule has 2 unspecified atom stereocenters. The lowest BCUT2D eigenvalue weighted by Gasteiger charge is -2.38. The largest absolute Gasteiger partial charge is 0.497 e. The highest BCUT2D eigenvalue weighted by Gasteiger charge is 2.30. The summed E-state index contributed by atoms with van der Waals surface area (Å²) in [7, 11) is 1.67. The summed E-state index contributed by atoms with van der Waals surface area (Å²) in [6, 6.07) is 8.28. The van der Waals surface area contributed by atoms with Gasteiger partial charge in [-0.05, 0) is 19.1 Å². The van der Waals surface area contributed by atoms with Gasteiger partial charge in [-0.15, -0.1) is 0 Å². The van der Waals surface area contributed by atoms with Gasteiger partial charge < -0.3 is 9.64 Å². The molecule has 0 bridgehead atoms. The van der Waals surface area contributed by atoms with E-state index >= 15 is 0 Å². The van der Waals surface area contributed by atoms with E-state index in [4.69, 9.17) is 4.74 Å². The third kappa shape index (κ3) is 2.28. The van der Waals surface area contributed by atoms with Crippen LogP contribution in [0.3, 0.4) is 0 Å². The van der Waals surface area contributed by atoms with Crippen molar-refractivity contribution in [2.45, 2.75) is 26.3 Å². The first-order chi connectivity index (χ1) is 8.13. The predicted octanol–water partition coefficient (Wildman–Crippen LogP) is 2.50. The van der Waals surface area contributed by atoms with E-state index in [1.807, 2.05) is 25.1 Å². The Morgan fingerprint density at radius 2 is 2.12 bits per heavy atom. The minimum absolute atomic E-state index is 0.106. The van der Waals surface area contributed by atoms with Gasteiger partial charge in [0.05, 0.1) is 7.11 Å². The lowest BCUT2D eigenvalue weighted by atomic mass is 9.90. The number of ether oxygens (including phenoxy) is 1. The van der Waals surface area contributed by atoms with Crippen LogP contribution in [0.15, 0.2) is 24.3 Å². The first-order valence-corrected chi connectivity index (χ1v) is 6.07. The molecule has 1 fully saturated rings. The van der Waals surface area contributed by atoms with Gasteiger partial charge in [-0.2, -0.15) is 0 Å². The molecule has 1 aliphatic rings. The van der Waals surface area contributed by atoms with E-state index in [0.717, 1.165) is 18.0 Å². The fraction of sp³-hybridized carbons (Fsp3) is 0.500. The Morgan fingerprint density at radius 3 is 2.82 bits per heavy atom. The van der Waals surface area contributed by atoms with Crippen LogP contribution in [0.5, 0.6) is 5.75 Å². The number of methoxy groups -OCH3 is 1. The molecule has 0 spiro atoms. The van der Waals surface area contributed by atoms with Gasteiger partial charge in [0.1, 0.15) is 11.5 Å². The van der Waals surface area contributed by atoms with E-state index in [0.29, 0.717) is 12.2 Å². The van der Waals surface area contributed by atoms with Crippen molar-refractivity contribution < 1.29 is 9.53 Å². The van der Waals surface area contributed by atoms with Crippen molar-refractivity contribution in [3.8, 4) is 5.75 Å². The second-order valence-corrected chi connectivity index (χ2v) is 4.64. The molecule has 1 heterocycles. The molecule has 2 rings (SSSR count). The molecule has 1 aliphatic heterocycles. The van der Waals surface area contributed by atoms with Crippen LogP contribution in [-0.4, -0.2) is 25.5 Å². The van der Waals surface area contributed by atoms with Gasteiger partial charge >= 0.3 is 0 Å². The molecule has 0 aliphatic carbocycles. The number of nitrogens with zero attached hydrogens (tertiary/aromatic N) is 1. The minimum Gasteiger partial charge on any atom is -0.497 e. The summed E-state index contributed by atoms with van der Waals surface area (Å²) in [5.74, 6) is 1.34. The standard InChI is InChI=1S/C14H19NO2/c1-10-11(2)15(8-7-14(10)16)12-5-4-6-13(9-12)17-3/h4-6,9-11H,7-8H2,1-3H3. The van der Waals surface area contributed by atoms with Gasteiger partial charge in [0.2, 0.25) is 0 Å². The van der Waals surface area contributed by atoms with Crippen LogP contribution >= 0.6 is 0 Å². The Balaban J connectivity index is 2.24. The summed E-state index contributed by atoms with van der Waals surface area (Å²) in [4.78, 5) is 13.9. The average Bonchev–Trinajstić information content (AvgIpc) is 2.36. The minimum atomic E-state index is 0.106. The average molecular weight is 233 g/mol. The zero-order chi connectivity index (χ0) is 12.4. The molecule has 0 radical (unpaired) electrons. The number of hydrogen-bond donors (Lipinski definition) is 0. The molecular weight excluding hydrogens is 214 g/mol. The predicted molar refractivity (Wildman–Crippen MR) is 68.6 cm³/mol. The SMILES string of the molecule is COc1cccc(N2CCC(=O)C(C)C2C)c1. The van der Waals surface area contributed by atoms with E-state index in [2.05, 4.69) is 17.9 Å². The van der Waals surface area contributed by atoms with Gasteiger partial charge in [-0.1, -0.05) is 13.0 Å². The fourth-order valence-electron chi connectivity index (χ4n) is 2.35. The van der Waals surface area contributed by atoms with Crippen molar-refractivity contribution in [2.24, 2.45) is 5.92 Å². The van der Waals surface area contributed by atoms with Crippen LogP contribution < -0.4 is 9.64 Å². The highest BCUT2D eigenvalue weighted by molar-refractivity contribution is 5.84. The molecule has 0 amide bonds. The lowest BCUT2D eigenvalue weighted by Crippen LogP contribution is -2.46. The first-order valence-electron chi connectivity index (χ1n) is 6.07. The Bertz CT molecular complexity index is 416. The summed E-state index contributed by atoms with van der Waals surface area (Å²) in [5.41, 5.74) is 1.14. The van der Waals surface area contributed by atoms with Crippen molar-refractivity contribution >= 4 is 11.5 Å². The number of carbonyl (C=O) groups excluding carboxylic acids is 1. The molecule has 3 heteroatoms. The summed E-state index contributed by atoms with van der Waals surface area (Å²) in [5, 5.41) is 0. The second-order valence-electron chi connectivity index (χ2n) is 4.64. The molecular formula is C14H19NO2. The molecule has 1 aromatic carbocycles. The first kappa shape index (κ1) is 12.0. The third-order valence-electron chi connectivity index (χ3n) is 3.71. The van der Waals surface area contributed by atoms with Crippen LogP contribution in [0.4, 0.5) is 5.69 Å². The maximum Gasteiger partial charge on any atom is 0.139 e. The highest BCUT2D eigenvalue weighted by atomic mass is 16.5. The Morgan fingerprint density at radius 1 is 1.35 bits per heavy atom. The molecule has 0 N–H and O–H groups in total. The van der Waals surface area contributed by atoms with Gasteiger partial charge in [0, 0.05) is 36.7 Å². The fourth-order valence-corrected chi connectivity index (χ4v) is 2.35. The monoisotopic (exact) mass is 233 g/mol. The lowest BCUT2D eigenvalue weighted by molar-refractivity contribution is -0.123. The number of hydrogen-bond acceptors (Lipinski definition) is 3. The maximum absolute atomic E-state index is 11.7. The van der Waals surface area contributed by atoms with Crippen LogP contribution in [0.25, 0.3) is 0 Å². The third-order valence-corrected chi connectivity index (χ3v) is 3.71. The van der Waals surface area contributed by atoms with E-state index < -0.39 is 0 Å². The number of benzene rings is 1. The van der Waals surface area contributed by atoms with E-state index in [9.17, 15) is 4.79 Å². The molecule has 92 valence electrons. The smallest absolute Gasteiger partial charge is 0.139 e. The quantitative estimate of drug-likeness (QED) is 0.786. The van der Waals surface area contributed by atoms with Crippen LogP contribution in [0.2, 0.25) is 0 Å². The number of ketones is 1. The molecule has 0 saturated carbocycles. The van der Waals surface area contributed by atoms with Gasteiger partial charge in [-0.25, -0.2) is 0 Å². The number of Topliss-reactive ketones (excluding diaryl/α,β-unsaturated/α-hetero) is 1. The van der Waals surface area contributed by atoms with E-state index in [1.165, 1.54) is 0 Å². The summed E-state index contributed by atoms with van der Waals surface area (Å²) >= 11 is 0. The molecule has 3 nitrogen and oxygen atoms in total. The molecule has 17 heavy (non-hydrogen) atoms. The highest BCUT2D eigenvalue weighted by Crippen LogP contribution is 2.28. The van der Waals surface area contributed by atoms with Crippen molar-refractivity contribution in [2.75, 3.05) is 18.6 Å². The molecule has 2 atom stereocenters. The summed E-state index contributed by atoms with van der Waals surface area (Å²) in [6.45, 7) is 4.93. The van der Waals surface area contributed by atoms with Gasteiger partial charge in [-0.3, -0.25) is 4.79 Å². The molecule has 1 saturated heterocycles. The number of anilines is 1. The van der Waals surface area contributed by atoms with Crippen molar-refractivity contribution in [3.05, 3.63) is 24.3 Å². The Kier molecular flexibility index (Phi) is 3.36. The number of carbonyl (C=O) groups is 1. The zero-order valence-electron chi connectivity index (χ0n) is 10.6. The second kappa shape index (κ2) is 4.78. The van der Waals surface area contributed by atoms with Crippen molar-refractivity contribution in [3.63, 3.8) is 0 Å². The number of piperidine rings is 1.